The van der Waals surface area contributed by atoms with Gasteiger partial charge in [-0.2, -0.15) is 15.4 Å². The zero-order valence-electron chi connectivity index (χ0n) is 70.6. The molecule has 0 bridgehead atoms. The number of hydrogen-bond acceptors (Lipinski definition) is 31. The van der Waals surface area contributed by atoms with Crippen molar-refractivity contribution >= 4 is 84.6 Å². The van der Waals surface area contributed by atoms with E-state index in [1.54, 1.807) is 96.1 Å². The van der Waals surface area contributed by atoms with E-state index in [4.69, 9.17) is 68.0 Å². The Balaban J connectivity index is -0.000000315. The molecule has 2 aromatic heterocycles. The Labute approximate surface area is 808 Å². The van der Waals surface area contributed by atoms with Crippen molar-refractivity contribution < 1.29 is 231 Å². The number of carbonyl (C=O) groups is 3. The number of benzene rings is 6. The van der Waals surface area contributed by atoms with E-state index in [1.165, 1.54) is 114 Å². The third-order valence-electron chi connectivity index (χ3n) is 13.1. The molecule has 0 spiro atoms. The zero-order chi connectivity index (χ0) is 88.9. The minimum atomic E-state index is -1.51. The summed E-state index contributed by atoms with van der Waals surface area (Å²) < 4.78 is 41.4. The van der Waals surface area contributed by atoms with Crippen LogP contribution in [0.1, 0.15) is 59.7 Å². The van der Waals surface area contributed by atoms with E-state index >= 15 is 0 Å². The number of hydrogen-bond donors (Lipinski definition) is 1. The van der Waals surface area contributed by atoms with Crippen molar-refractivity contribution in [3.05, 3.63) is 214 Å². The molecule has 8 rings (SSSR count). The summed E-state index contributed by atoms with van der Waals surface area (Å²) in [4.78, 5) is 97.5. The summed E-state index contributed by atoms with van der Waals surface area (Å²) in [6.07, 6.45) is 18.4. The molecule has 2 N–H and O–H groups in total. The van der Waals surface area contributed by atoms with Crippen LogP contribution in [0.15, 0.2) is 131 Å². The molecule has 2 heterocycles. The summed E-state index contributed by atoms with van der Waals surface area (Å²) in [7, 11) is 5.63. The number of halogens is 1. The largest absolute Gasteiger partial charge is 1.00 e. The van der Waals surface area contributed by atoms with Gasteiger partial charge in [-0.25, -0.2) is 4.68 Å². The number of aromatic nitrogens is 6. The second-order valence-electron chi connectivity index (χ2n) is 25.9. The average Bonchev–Trinajstić information content (AvgIpc) is 1.73. The number of nitro groups is 6. The number of terminal acetylenes is 3. The molecule has 0 aliphatic heterocycles. The van der Waals surface area contributed by atoms with E-state index in [-0.39, 0.29) is 240 Å². The maximum absolute atomic E-state index is 11.8. The molecular weight excluding hydrogens is 1740 g/mol. The van der Waals surface area contributed by atoms with Gasteiger partial charge in [0.15, 0.2) is 13.5 Å². The number of para-hydroxylation sites is 6. The molecule has 47 heteroatoms. The van der Waals surface area contributed by atoms with Crippen molar-refractivity contribution in [1.82, 2.24) is 30.4 Å². The fraction of sp³-hybridized carbons (Fsp3) is 0.301. The van der Waals surface area contributed by atoms with Gasteiger partial charge in [0.2, 0.25) is 34.5 Å². The number of nitro benzene ring substituents is 6. The van der Waals surface area contributed by atoms with E-state index < -0.39 is 56.5 Å². The number of carbonyl (C=O) groups excluding carboxylic acids is 3. The van der Waals surface area contributed by atoms with Crippen LogP contribution >= 0.6 is 15.9 Å². The molecule has 0 amide bonds. The fourth-order valence-corrected chi connectivity index (χ4v) is 8.76. The monoisotopic (exact) mass is 1820 g/mol. The van der Waals surface area contributed by atoms with Gasteiger partial charge in [0, 0.05) is 41.3 Å². The van der Waals surface area contributed by atoms with Crippen LogP contribution in [0.2, 0.25) is 39.3 Å². The molecular formula is C73H85BrK2N15NaO26Si2. The molecule has 626 valence electrons. The molecule has 0 saturated heterocycles. The maximum Gasteiger partial charge on any atom is 1.00 e. The molecule has 0 radical (unpaired) electrons. The molecule has 6 aromatic carbocycles. The zero-order valence-corrected chi connectivity index (χ0v) is 81.4. The topological polar surface area (TPSA) is 567 Å². The quantitative estimate of drug-likeness (QED) is 0.0108. The van der Waals surface area contributed by atoms with Crippen LogP contribution in [0.3, 0.4) is 0 Å². The summed E-state index contributed by atoms with van der Waals surface area (Å²) in [6, 6.07) is 27.5. The number of aromatic amines is 1. The third-order valence-corrected chi connectivity index (χ3v) is 15.4. The van der Waals surface area contributed by atoms with Crippen molar-refractivity contribution in [2.45, 2.75) is 87.6 Å². The van der Waals surface area contributed by atoms with Crippen LogP contribution in [-0.4, -0.2) is 149 Å². The van der Waals surface area contributed by atoms with E-state index in [0.29, 0.717) is 43.7 Å². The first-order chi connectivity index (χ1) is 54.3. The molecule has 0 fully saturated rings. The van der Waals surface area contributed by atoms with E-state index in [0.717, 1.165) is 0 Å². The van der Waals surface area contributed by atoms with Crippen LogP contribution < -0.4 is 166 Å². The van der Waals surface area contributed by atoms with Gasteiger partial charge in [0.1, 0.15) is 27.5 Å². The van der Waals surface area contributed by atoms with Crippen molar-refractivity contribution in [2.75, 3.05) is 49.4 Å². The Morgan fingerprint density at radius 3 is 1.19 bits per heavy atom. The number of H-pyrrole nitrogens is 1. The standard InChI is InChI=1S/C15H18N4O5.C12H15NO3Si.C9H8N4O3.2C9H7NO3.C7H6BrNO3.C6H11N3O2.C5H10Si.CH2O3.2K.Na.H2O.H/c1-15(2,3)14(20)24-9-18-8-11(16-17-18)10-6-5-7-12(19(21)22)13(10)23-4;1-16-12-10(8-9-17(2,3)4)6-5-7-11(12)13(14)15;1-16-9-6(7-5-10-12-11-7)3-2-4-8(9)13(14)15;2*1-3-7-5-4-6-8(10(11)12)9(7)13-2;1-12-7-5(8)3-2-4-6(7)9(10)11;1-6(2,3)5(10)11-4-8-9-7;1-5-6(2,3)4;2-1-4-3;;;;;/h5-8H,9H2,1-4H3;5-7H,1-4H3;2-5H,1H3,(H,10,11,12);2*1,4-6H,2H3;2-4H,1H3;4H2,1-3H3;1H,2-4H3;1,3H;;;;1H2;/q;;;;;;;;;3*+1;;-1/p-2. The molecule has 0 unspecified atom stereocenters. The average molecular weight is 1830 g/mol. The van der Waals surface area contributed by atoms with Gasteiger partial charge in [0.25, 0.3) is 6.47 Å². The molecule has 41 nitrogen and oxygen atoms in total. The van der Waals surface area contributed by atoms with Crippen molar-refractivity contribution in [2.24, 2.45) is 15.9 Å². The number of nitrogens with one attached hydrogen (secondary N) is 1. The molecule has 0 aliphatic carbocycles. The SMILES string of the molecule is C#C[Si](C)(C)C.C#Cc1cccc([N+](=O)[O-])c1OC.C#Cc1cccc([N+](=O)[O-])c1OC.CC(C)(C)C(=O)OCN=[N+]=[N-].COc1c(-c2cn(COC(=O)C(C)(C)C)nn2)cccc1[N+](=O)[O-].COc1c(-c2cn[nH]n2)cccc1[N+](=O)[O-].COc1c(Br)cccc1[N+](=O)[O-].COc1c(C#C[Si](C)(C)C)cccc1[N+](=O)[O-].O=CO[O-].[H-].[K+].[K+].[Na+].[OH-]. The second-order valence-corrected chi connectivity index (χ2v) is 36.2. The molecule has 120 heavy (non-hydrogen) atoms. The Morgan fingerprint density at radius 2 is 0.892 bits per heavy atom. The predicted molar refractivity (Wildman–Crippen MR) is 434 cm³/mol. The summed E-state index contributed by atoms with van der Waals surface area (Å²) in [5, 5.41) is 93.4. The third kappa shape index (κ3) is 42.7. The van der Waals surface area contributed by atoms with E-state index in [1.807, 2.05) is 0 Å². The summed E-state index contributed by atoms with van der Waals surface area (Å²) in [5.41, 5.74) is 15.2. The van der Waals surface area contributed by atoms with Gasteiger partial charge in [-0.05, 0) is 99.4 Å². The maximum atomic E-state index is 11.8. The Bertz CT molecular complexity index is 4880. The van der Waals surface area contributed by atoms with Crippen molar-refractivity contribution in [3.8, 4) is 105 Å². The van der Waals surface area contributed by atoms with Gasteiger partial charge in [-0.15, -0.1) is 35.5 Å². The smallest absolute Gasteiger partial charge is 1.00 e. The second kappa shape index (κ2) is 60.4. The number of ether oxygens (including phenoxy) is 8. The first kappa shape index (κ1) is 118. The number of methoxy groups -OCH3 is 6. The van der Waals surface area contributed by atoms with Gasteiger partial charge in [0.05, 0.1) is 128 Å². The number of esters is 2. The fourth-order valence-electron chi connectivity index (χ4n) is 7.73. The van der Waals surface area contributed by atoms with Crippen LogP contribution in [0.4, 0.5) is 34.1 Å². The van der Waals surface area contributed by atoms with Crippen LogP contribution in [0.25, 0.3) is 33.0 Å². The first-order valence-corrected chi connectivity index (χ1v) is 40.5. The van der Waals surface area contributed by atoms with Gasteiger partial charge < -0.3 is 54.9 Å². The molecule has 0 aliphatic rings. The van der Waals surface area contributed by atoms with Crippen LogP contribution in [0, 0.1) is 120 Å². The summed E-state index contributed by atoms with van der Waals surface area (Å²) in [6.45, 7) is 22.7. The number of nitrogens with zero attached hydrogens (tertiary/aromatic N) is 14. The van der Waals surface area contributed by atoms with Crippen LogP contribution in [-0.2, 0) is 35.5 Å². The summed E-state index contributed by atoms with van der Waals surface area (Å²) >= 11 is 3.15. The molecule has 0 atom stereocenters. The first-order valence-electron chi connectivity index (χ1n) is 32.7. The van der Waals surface area contributed by atoms with Gasteiger partial charge >= 0.3 is 178 Å². The summed E-state index contributed by atoms with van der Waals surface area (Å²) in [5.74, 6) is 7.91. The van der Waals surface area contributed by atoms with Gasteiger partial charge in [-0.1, -0.05) is 104 Å². The van der Waals surface area contributed by atoms with E-state index in [9.17, 15) is 70.3 Å². The Morgan fingerprint density at radius 1 is 0.567 bits per heavy atom. The number of rotatable bonds is 19. The van der Waals surface area contributed by atoms with Crippen molar-refractivity contribution in [3.63, 3.8) is 0 Å². The predicted octanol–water partition coefficient (Wildman–Crippen LogP) is 4.89. The molecule has 0 saturated carbocycles. The van der Waals surface area contributed by atoms with Gasteiger partial charge in [-0.3, -0.25) is 75.1 Å². The molecule has 8 aromatic rings. The minimum Gasteiger partial charge on any atom is -1.00 e. The number of azide groups is 1. The Kier molecular flexibility index (Phi) is 59.6. The minimum absolute atomic E-state index is 0. The Hall–Kier alpha value is -10.1. The van der Waals surface area contributed by atoms with Crippen LogP contribution in [0.5, 0.6) is 34.5 Å². The van der Waals surface area contributed by atoms with Crippen molar-refractivity contribution in [1.29, 1.82) is 0 Å². The van der Waals surface area contributed by atoms with E-state index in [2.05, 4.69) is 129 Å². The normalized spacial score (nSPS) is 9.54.